The van der Waals surface area contributed by atoms with Crippen LogP contribution in [0.4, 0.5) is 0 Å². The molecule has 0 fully saturated rings. The number of aliphatic hydroxyl groups is 1. The fourth-order valence-corrected chi connectivity index (χ4v) is 1.82. The van der Waals surface area contributed by atoms with Gasteiger partial charge in [0.15, 0.2) is 0 Å². The molecular formula is C16H17NO3. The molecule has 0 heterocycles. The van der Waals surface area contributed by atoms with Crippen LogP contribution >= 0.6 is 0 Å². The quantitative estimate of drug-likeness (QED) is 0.878. The van der Waals surface area contributed by atoms with E-state index in [0.29, 0.717) is 23.5 Å². The van der Waals surface area contributed by atoms with Gasteiger partial charge in [-0.1, -0.05) is 19.1 Å². The third-order valence-corrected chi connectivity index (χ3v) is 3.03. The number of rotatable bonds is 5. The molecule has 4 heteroatoms. The third-order valence-electron chi connectivity index (χ3n) is 3.03. The van der Waals surface area contributed by atoms with Crippen LogP contribution in [0.1, 0.15) is 35.4 Å². The Morgan fingerprint density at radius 3 is 2.05 bits per heavy atom. The van der Waals surface area contributed by atoms with Crippen LogP contribution in [0.25, 0.3) is 0 Å². The average Bonchev–Trinajstić information content (AvgIpc) is 2.48. The summed E-state index contributed by atoms with van der Waals surface area (Å²) in [5, 5.41) is 9.71. The highest BCUT2D eigenvalue weighted by Gasteiger charge is 2.05. The van der Waals surface area contributed by atoms with E-state index < -0.39 is 12.0 Å². The highest BCUT2D eigenvalue weighted by Crippen LogP contribution is 2.24. The van der Waals surface area contributed by atoms with Crippen LogP contribution < -0.4 is 10.5 Å². The molecule has 0 aliphatic carbocycles. The molecule has 104 valence electrons. The first kappa shape index (κ1) is 14.1. The lowest BCUT2D eigenvalue weighted by Crippen LogP contribution is -2.10. The van der Waals surface area contributed by atoms with Gasteiger partial charge in [-0.2, -0.15) is 0 Å². The van der Waals surface area contributed by atoms with Crippen molar-refractivity contribution in [2.75, 3.05) is 0 Å². The second-order valence-electron chi connectivity index (χ2n) is 4.48. The molecule has 0 saturated carbocycles. The lowest BCUT2D eigenvalue weighted by Gasteiger charge is -2.10. The molecule has 4 nitrogen and oxygen atoms in total. The number of benzene rings is 2. The van der Waals surface area contributed by atoms with Crippen LogP contribution in [-0.4, -0.2) is 11.0 Å². The van der Waals surface area contributed by atoms with Crippen LogP contribution in [0, 0.1) is 0 Å². The van der Waals surface area contributed by atoms with Crippen molar-refractivity contribution in [2.24, 2.45) is 5.73 Å². The van der Waals surface area contributed by atoms with E-state index in [-0.39, 0.29) is 0 Å². The van der Waals surface area contributed by atoms with Crippen molar-refractivity contribution in [3.63, 3.8) is 0 Å². The maximum absolute atomic E-state index is 11.0. The second-order valence-corrected chi connectivity index (χ2v) is 4.48. The smallest absolute Gasteiger partial charge is 0.248 e. The zero-order valence-corrected chi connectivity index (χ0v) is 11.2. The molecule has 0 bridgehead atoms. The summed E-state index contributed by atoms with van der Waals surface area (Å²) >= 11 is 0. The SMILES string of the molecule is CC[C@H](O)c1ccc(Oc2ccc(C(N)=O)cc2)cc1. The number of hydrogen-bond donors (Lipinski definition) is 2. The van der Waals surface area contributed by atoms with Crippen LogP contribution in [0.3, 0.4) is 0 Å². The van der Waals surface area contributed by atoms with E-state index in [2.05, 4.69) is 0 Å². The van der Waals surface area contributed by atoms with Gasteiger partial charge < -0.3 is 15.6 Å². The Kier molecular flexibility index (Phi) is 4.38. The van der Waals surface area contributed by atoms with Crippen LogP contribution in [0.5, 0.6) is 11.5 Å². The Balaban J connectivity index is 2.08. The molecule has 0 unspecified atom stereocenters. The molecule has 0 saturated heterocycles. The number of carbonyl (C=O) groups excluding carboxylic acids is 1. The molecule has 2 aromatic rings. The first-order valence-electron chi connectivity index (χ1n) is 6.46. The lowest BCUT2D eigenvalue weighted by molar-refractivity contribution is 0.100. The standard InChI is InChI=1S/C16H17NO3/c1-2-15(18)11-3-7-13(8-4-11)20-14-9-5-12(6-10-14)16(17)19/h3-10,15,18H,2H2,1H3,(H2,17,19)/t15-/m0/s1. The zero-order chi connectivity index (χ0) is 14.5. The Hall–Kier alpha value is -2.33. The summed E-state index contributed by atoms with van der Waals surface area (Å²) in [5.41, 5.74) is 6.48. The molecule has 0 spiro atoms. The fourth-order valence-electron chi connectivity index (χ4n) is 1.82. The molecule has 0 radical (unpaired) electrons. The largest absolute Gasteiger partial charge is 0.457 e. The van der Waals surface area contributed by atoms with Gasteiger partial charge in [0.25, 0.3) is 0 Å². The fraction of sp³-hybridized carbons (Fsp3) is 0.188. The van der Waals surface area contributed by atoms with E-state index >= 15 is 0 Å². The molecule has 2 aromatic carbocycles. The molecule has 2 rings (SSSR count). The van der Waals surface area contributed by atoms with E-state index in [1.54, 1.807) is 36.4 Å². The molecule has 20 heavy (non-hydrogen) atoms. The minimum atomic E-state index is -0.463. The van der Waals surface area contributed by atoms with E-state index in [0.717, 1.165) is 5.56 Å². The summed E-state index contributed by atoms with van der Waals surface area (Å²) < 4.78 is 5.65. The van der Waals surface area contributed by atoms with Crippen LogP contribution in [-0.2, 0) is 0 Å². The minimum Gasteiger partial charge on any atom is -0.457 e. The average molecular weight is 271 g/mol. The second kappa shape index (κ2) is 6.21. The number of carbonyl (C=O) groups is 1. The van der Waals surface area contributed by atoms with E-state index in [9.17, 15) is 9.90 Å². The van der Waals surface area contributed by atoms with Gasteiger partial charge in [0.05, 0.1) is 6.10 Å². The molecule has 3 N–H and O–H groups in total. The minimum absolute atomic E-state index is 0.443. The Morgan fingerprint density at radius 1 is 1.10 bits per heavy atom. The maximum Gasteiger partial charge on any atom is 0.248 e. The first-order valence-corrected chi connectivity index (χ1v) is 6.46. The Bertz CT molecular complexity index is 576. The Morgan fingerprint density at radius 2 is 1.60 bits per heavy atom. The van der Waals surface area contributed by atoms with E-state index in [1.165, 1.54) is 0 Å². The van der Waals surface area contributed by atoms with Crippen molar-refractivity contribution >= 4 is 5.91 Å². The van der Waals surface area contributed by atoms with Gasteiger partial charge in [0, 0.05) is 5.56 Å². The van der Waals surface area contributed by atoms with Gasteiger partial charge in [-0.05, 0) is 48.4 Å². The molecule has 0 aliphatic heterocycles. The van der Waals surface area contributed by atoms with Crippen molar-refractivity contribution in [3.8, 4) is 11.5 Å². The van der Waals surface area contributed by atoms with Crippen LogP contribution in [0.15, 0.2) is 48.5 Å². The van der Waals surface area contributed by atoms with Crippen molar-refractivity contribution in [2.45, 2.75) is 19.4 Å². The zero-order valence-electron chi connectivity index (χ0n) is 11.2. The molecule has 1 amide bonds. The Labute approximate surface area is 117 Å². The number of hydrogen-bond acceptors (Lipinski definition) is 3. The topological polar surface area (TPSA) is 72.6 Å². The van der Waals surface area contributed by atoms with E-state index in [4.69, 9.17) is 10.5 Å². The molecule has 0 aliphatic rings. The molecular weight excluding hydrogens is 254 g/mol. The first-order chi connectivity index (χ1) is 9.60. The predicted molar refractivity (Wildman–Crippen MR) is 76.7 cm³/mol. The lowest BCUT2D eigenvalue weighted by atomic mass is 10.1. The monoisotopic (exact) mass is 271 g/mol. The van der Waals surface area contributed by atoms with Crippen molar-refractivity contribution in [1.29, 1.82) is 0 Å². The molecule has 1 atom stereocenters. The number of primary amides is 1. The summed E-state index contributed by atoms with van der Waals surface area (Å²) in [5.74, 6) is 0.831. The van der Waals surface area contributed by atoms with Gasteiger partial charge in [-0.3, -0.25) is 4.79 Å². The highest BCUT2D eigenvalue weighted by molar-refractivity contribution is 5.92. The number of ether oxygens (including phenoxy) is 1. The summed E-state index contributed by atoms with van der Waals surface area (Å²) in [6.07, 6.45) is 0.230. The predicted octanol–water partition coefficient (Wildman–Crippen LogP) is 3.02. The number of nitrogens with two attached hydrogens (primary N) is 1. The summed E-state index contributed by atoms with van der Waals surface area (Å²) in [6.45, 7) is 1.93. The summed E-state index contributed by atoms with van der Waals surface area (Å²) in [4.78, 5) is 11.0. The van der Waals surface area contributed by atoms with E-state index in [1.807, 2.05) is 19.1 Å². The maximum atomic E-state index is 11.0. The van der Waals surface area contributed by atoms with Gasteiger partial charge >= 0.3 is 0 Å². The number of aliphatic hydroxyl groups excluding tert-OH is 1. The summed E-state index contributed by atoms with van der Waals surface area (Å²) in [6, 6.07) is 13.9. The van der Waals surface area contributed by atoms with Crippen molar-refractivity contribution < 1.29 is 14.6 Å². The third kappa shape index (κ3) is 3.36. The summed E-state index contributed by atoms with van der Waals surface area (Å²) in [7, 11) is 0. The highest BCUT2D eigenvalue weighted by atomic mass is 16.5. The molecule has 0 aromatic heterocycles. The van der Waals surface area contributed by atoms with Crippen LogP contribution in [0.2, 0.25) is 0 Å². The van der Waals surface area contributed by atoms with Crippen molar-refractivity contribution in [3.05, 3.63) is 59.7 Å². The van der Waals surface area contributed by atoms with Gasteiger partial charge in [-0.15, -0.1) is 0 Å². The van der Waals surface area contributed by atoms with Crippen molar-refractivity contribution in [1.82, 2.24) is 0 Å². The number of amides is 1. The van der Waals surface area contributed by atoms with Gasteiger partial charge in [-0.25, -0.2) is 0 Å². The van der Waals surface area contributed by atoms with Gasteiger partial charge in [0.2, 0.25) is 5.91 Å². The van der Waals surface area contributed by atoms with Gasteiger partial charge in [0.1, 0.15) is 11.5 Å². The normalized spacial score (nSPS) is 11.9.